The molecule has 3 rings (SSSR count). The maximum atomic E-state index is 11.0. The molecule has 2 heterocycles. The number of thiophene rings is 1. The van der Waals surface area contributed by atoms with E-state index in [0.29, 0.717) is 10.6 Å². The molecule has 0 fully saturated rings. The number of nitrogens with one attached hydrogen (secondary N) is 1. The largest absolute Gasteiger partial charge is 0.477 e. The van der Waals surface area contributed by atoms with Crippen molar-refractivity contribution >= 4 is 33.3 Å². The molecule has 3 aromatic rings. The standard InChI is InChI=1S/C15H13N3O2S/c19-15(20)12-8-11-13(17-9-18-14(11)21-12)16-7-6-10-4-2-1-3-5-10/h1-5,8-9H,6-7H2,(H,19,20)(H,16,17,18). The van der Waals surface area contributed by atoms with Crippen molar-refractivity contribution in [2.45, 2.75) is 6.42 Å². The van der Waals surface area contributed by atoms with E-state index in [1.807, 2.05) is 18.2 Å². The van der Waals surface area contributed by atoms with Crippen LogP contribution in [0.4, 0.5) is 5.82 Å². The van der Waals surface area contributed by atoms with E-state index < -0.39 is 5.97 Å². The van der Waals surface area contributed by atoms with E-state index in [2.05, 4.69) is 27.4 Å². The minimum Gasteiger partial charge on any atom is -0.477 e. The number of benzene rings is 1. The highest BCUT2D eigenvalue weighted by Gasteiger charge is 2.12. The van der Waals surface area contributed by atoms with Crippen molar-refractivity contribution in [3.05, 3.63) is 53.2 Å². The molecule has 106 valence electrons. The summed E-state index contributed by atoms with van der Waals surface area (Å²) in [6.07, 6.45) is 2.33. The third-order valence-electron chi connectivity index (χ3n) is 3.09. The van der Waals surface area contributed by atoms with Crippen LogP contribution in [0.2, 0.25) is 0 Å². The number of aromatic carboxylic acids is 1. The van der Waals surface area contributed by atoms with Gasteiger partial charge in [0, 0.05) is 6.54 Å². The maximum absolute atomic E-state index is 11.0. The molecule has 0 spiro atoms. The normalized spacial score (nSPS) is 10.7. The summed E-state index contributed by atoms with van der Waals surface area (Å²) in [7, 11) is 0. The van der Waals surface area contributed by atoms with E-state index in [4.69, 9.17) is 5.11 Å². The first kappa shape index (κ1) is 13.5. The number of carboxylic acids is 1. The third-order valence-corrected chi connectivity index (χ3v) is 4.12. The molecule has 0 aliphatic rings. The second-order valence-electron chi connectivity index (χ2n) is 4.52. The summed E-state index contributed by atoms with van der Waals surface area (Å²) < 4.78 is 0. The fraction of sp³-hybridized carbons (Fsp3) is 0.133. The first-order valence-corrected chi connectivity index (χ1v) is 7.31. The molecule has 1 aromatic carbocycles. The van der Waals surface area contributed by atoms with Crippen LogP contribution in [-0.2, 0) is 6.42 Å². The molecule has 2 aromatic heterocycles. The number of aromatic nitrogens is 2. The van der Waals surface area contributed by atoms with Crippen LogP contribution in [0.15, 0.2) is 42.7 Å². The van der Waals surface area contributed by atoms with E-state index in [0.717, 1.165) is 29.7 Å². The van der Waals surface area contributed by atoms with Gasteiger partial charge in [-0.3, -0.25) is 0 Å². The van der Waals surface area contributed by atoms with Crippen LogP contribution in [0.5, 0.6) is 0 Å². The van der Waals surface area contributed by atoms with Gasteiger partial charge in [-0.05, 0) is 18.1 Å². The quantitative estimate of drug-likeness (QED) is 0.757. The van der Waals surface area contributed by atoms with Crippen molar-refractivity contribution < 1.29 is 9.90 Å². The number of nitrogens with zero attached hydrogens (tertiary/aromatic N) is 2. The second kappa shape index (κ2) is 5.88. The lowest BCUT2D eigenvalue weighted by molar-refractivity contribution is 0.0702. The number of carbonyl (C=O) groups is 1. The molecule has 21 heavy (non-hydrogen) atoms. The van der Waals surface area contributed by atoms with Gasteiger partial charge in [0.25, 0.3) is 0 Å². The maximum Gasteiger partial charge on any atom is 0.345 e. The summed E-state index contributed by atoms with van der Waals surface area (Å²) >= 11 is 1.16. The average molecular weight is 299 g/mol. The van der Waals surface area contributed by atoms with Crippen molar-refractivity contribution in [3.8, 4) is 0 Å². The molecule has 0 saturated carbocycles. The number of hydrogen-bond donors (Lipinski definition) is 2. The Bertz CT molecular complexity index is 771. The minimum atomic E-state index is -0.937. The molecule has 0 atom stereocenters. The highest BCUT2D eigenvalue weighted by Crippen LogP contribution is 2.28. The lowest BCUT2D eigenvalue weighted by atomic mass is 10.1. The SMILES string of the molecule is O=C(O)c1cc2c(NCCc3ccccc3)ncnc2s1. The minimum absolute atomic E-state index is 0.275. The Morgan fingerprint density at radius 3 is 2.81 bits per heavy atom. The number of hydrogen-bond acceptors (Lipinski definition) is 5. The lowest BCUT2D eigenvalue weighted by Crippen LogP contribution is -2.06. The van der Waals surface area contributed by atoms with Gasteiger partial charge in [0.1, 0.15) is 21.9 Å². The Balaban J connectivity index is 1.76. The smallest absolute Gasteiger partial charge is 0.345 e. The van der Waals surface area contributed by atoms with Crippen LogP contribution >= 0.6 is 11.3 Å². The summed E-state index contributed by atoms with van der Waals surface area (Å²) in [4.78, 5) is 20.3. The van der Waals surface area contributed by atoms with Gasteiger partial charge in [-0.25, -0.2) is 14.8 Å². The van der Waals surface area contributed by atoms with E-state index >= 15 is 0 Å². The van der Waals surface area contributed by atoms with E-state index in [1.165, 1.54) is 11.9 Å². The third kappa shape index (κ3) is 3.00. The van der Waals surface area contributed by atoms with Gasteiger partial charge in [-0.1, -0.05) is 30.3 Å². The predicted molar refractivity (Wildman–Crippen MR) is 83.0 cm³/mol. The molecule has 0 saturated heterocycles. The van der Waals surface area contributed by atoms with Gasteiger partial charge in [0.2, 0.25) is 0 Å². The van der Waals surface area contributed by atoms with Gasteiger partial charge in [0.15, 0.2) is 0 Å². The first-order valence-electron chi connectivity index (χ1n) is 6.49. The molecule has 0 aliphatic heterocycles. The van der Waals surface area contributed by atoms with Crippen molar-refractivity contribution in [2.24, 2.45) is 0 Å². The summed E-state index contributed by atoms with van der Waals surface area (Å²) in [5, 5.41) is 13.1. The Morgan fingerprint density at radius 2 is 2.05 bits per heavy atom. The highest BCUT2D eigenvalue weighted by molar-refractivity contribution is 7.20. The fourth-order valence-electron chi connectivity index (χ4n) is 2.07. The highest BCUT2D eigenvalue weighted by atomic mass is 32.1. The Morgan fingerprint density at radius 1 is 1.24 bits per heavy atom. The van der Waals surface area contributed by atoms with Gasteiger partial charge in [-0.15, -0.1) is 11.3 Å². The van der Waals surface area contributed by atoms with Crippen molar-refractivity contribution in [1.82, 2.24) is 9.97 Å². The molecule has 0 amide bonds. The monoisotopic (exact) mass is 299 g/mol. The summed E-state index contributed by atoms with van der Waals surface area (Å²) in [5.74, 6) is -0.257. The van der Waals surface area contributed by atoms with Gasteiger partial charge in [-0.2, -0.15) is 0 Å². The van der Waals surface area contributed by atoms with E-state index in [9.17, 15) is 4.79 Å². The zero-order valence-corrected chi connectivity index (χ0v) is 11.9. The predicted octanol–water partition coefficient (Wildman–Crippen LogP) is 3.04. The fourth-order valence-corrected chi connectivity index (χ4v) is 2.91. The summed E-state index contributed by atoms with van der Waals surface area (Å²) in [5.41, 5.74) is 1.24. The lowest BCUT2D eigenvalue weighted by Gasteiger charge is -2.06. The van der Waals surface area contributed by atoms with Gasteiger partial charge >= 0.3 is 5.97 Å². The molecule has 0 unspecified atom stereocenters. The molecule has 6 heteroatoms. The van der Waals surface area contributed by atoms with Crippen LogP contribution in [0, 0.1) is 0 Å². The average Bonchev–Trinajstić information content (AvgIpc) is 2.94. The van der Waals surface area contributed by atoms with Crippen LogP contribution in [0.1, 0.15) is 15.2 Å². The van der Waals surface area contributed by atoms with Gasteiger partial charge < -0.3 is 10.4 Å². The molecule has 0 radical (unpaired) electrons. The second-order valence-corrected chi connectivity index (χ2v) is 5.55. The zero-order chi connectivity index (χ0) is 14.7. The molecule has 5 nitrogen and oxygen atoms in total. The zero-order valence-electron chi connectivity index (χ0n) is 11.1. The van der Waals surface area contributed by atoms with E-state index in [1.54, 1.807) is 6.07 Å². The Labute approximate surface area is 125 Å². The first-order chi connectivity index (χ1) is 10.2. The summed E-state index contributed by atoms with van der Waals surface area (Å²) in [6.45, 7) is 0.731. The topological polar surface area (TPSA) is 75.1 Å². The summed E-state index contributed by atoms with van der Waals surface area (Å²) in [6, 6.07) is 11.8. The van der Waals surface area contributed by atoms with Crippen LogP contribution in [0.25, 0.3) is 10.2 Å². The van der Waals surface area contributed by atoms with Crippen LogP contribution in [0.3, 0.4) is 0 Å². The molecule has 2 N–H and O–H groups in total. The van der Waals surface area contributed by atoms with Crippen LogP contribution < -0.4 is 5.32 Å². The van der Waals surface area contributed by atoms with Crippen molar-refractivity contribution in [3.63, 3.8) is 0 Å². The number of rotatable bonds is 5. The van der Waals surface area contributed by atoms with Crippen LogP contribution in [-0.4, -0.2) is 27.6 Å². The Kier molecular flexibility index (Phi) is 3.79. The van der Waals surface area contributed by atoms with E-state index in [-0.39, 0.29) is 4.88 Å². The van der Waals surface area contributed by atoms with Crippen molar-refractivity contribution in [1.29, 1.82) is 0 Å². The Hall–Kier alpha value is -2.47. The molecular formula is C15H13N3O2S. The van der Waals surface area contributed by atoms with Crippen molar-refractivity contribution in [2.75, 3.05) is 11.9 Å². The molecule has 0 aliphatic carbocycles. The number of fused-ring (bicyclic) bond motifs is 1. The van der Waals surface area contributed by atoms with Gasteiger partial charge in [0.05, 0.1) is 5.39 Å². The number of anilines is 1. The molecule has 0 bridgehead atoms. The molecular weight excluding hydrogens is 286 g/mol. The number of carboxylic acid groups (broad SMARTS) is 1.